The van der Waals surface area contributed by atoms with Crippen LogP contribution in [-0.4, -0.2) is 26.4 Å². The first-order valence-electron chi connectivity index (χ1n) is 5.15. The summed E-state index contributed by atoms with van der Waals surface area (Å²) in [5.41, 5.74) is 1.17. The standard InChI is InChI=1S/C12H22N2/c1-5-6-11(2)9-12(3)10-14-8-7-13-4/h5-6,10,12-13H,2,7-9H2,1,3-4H3/b6-5-,14-10?. The van der Waals surface area contributed by atoms with Crippen molar-refractivity contribution in [2.45, 2.75) is 20.3 Å². The molecule has 0 aromatic heterocycles. The minimum Gasteiger partial charge on any atom is -0.318 e. The van der Waals surface area contributed by atoms with E-state index in [1.165, 1.54) is 5.57 Å². The topological polar surface area (TPSA) is 24.4 Å². The molecule has 1 atom stereocenters. The van der Waals surface area contributed by atoms with Gasteiger partial charge in [0, 0.05) is 12.8 Å². The molecule has 0 rings (SSSR count). The number of nitrogens with one attached hydrogen (secondary N) is 1. The summed E-state index contributed by atoms with van der Waals surface area (Å²) in [4.78, 5) is 4.32. The summed E-state index contributed by atoms with van der Waals surface area (Å²) in [5, 5.41) is 3.06. The normalized spacial score (nSPS) is 13.9. The SMILES string of the molecule is C=C(/C=C\C)CC(C)C=NCCNC. The van der Waals surface area contributed by atoms with Crippen LogP contribution in [0.4, 0.5) is 0 Å². The van der Waals surface area contributed by atoms with E-state index in [9.17, 15) is 0 Å². The highest BCUT2D eigenvalue weighted by molar-refractivity contribution is 5.60. The van der Waals surface area contributed by atoms with E-state index in [2.05, 4.69) is 29.9 Å². The van der Waals surface area contributed by atoms with E-state index in [1.54, 1.807) is 0 Å². The molecule has 0 aliphatic heterocycles. The Kier molecular flexibility index (Phi) is 8.14. The molecule has 0 aromatic carbocycles. The van der Waals surface area contributed by atoms with Gasteiger partial charge in [-0.25, -0.2) is 0 Å². The van der Waals surface area contributed by atoms with Gasteiger partial charge >= 0.3 is 0 Å². The summed E-state index contributed by atoms with van der Waals surface area (Å²) < 4.78 is 0. The van der Waals surface area contributed by atoms with Crippen molar-refractivity contribution in [3.05, 3.63) is 24.3 Å². The number of hydrogen-bond donors (Lipinski definition) is 1. The molecule has 0 heterocycles. The van der Waals surface area contributed by atoms with Crippen LogP contribution in [-0.2, 0) is 0 Å². The Morgan fingerprint density at radius 3 is 2.86 bits per heavy atom. The minimum atomic E-state index is 0.482. The highest BCUT2D eigenvalue weighted by Crippen LogP contribution is 2.08. The molecule has 0 bridgehead atoms. The monoisotopic (exact) mass is 194 g/mol. The van der Waals surface area contributed by atoms with Crippen LogP contribution in [0.15, 0.2) is 29.3 Å². The lowest BCUT2D eigenvalue weighted by atomic mass is 10.0. The fourth-order valence-corrected chi connectivity index (χ4v) is 1.20. The molecule has 0 aliphatic rings. The molecule has 0 spiro atoms. The van der Waals surface area contributed by atoms with Crippen LogP contribution in [0, 0.1) is 5.92 Å². The number of aliphatic imine (C=N–C) groups is 1. The molecular weight excluding hydrogens is 172 g/mol. The van der Waals surface area contributed by atoms with Crippen molar-refractivity contribution < 1.29 is 0 Å². The Bertz CT molecular complexity index is 204. The van der Waals surface area contributed by atoms with Gasteiger partial charge in [0.15, 0.2) is 0 Å². The molecular formula is C12H22N2. The van der Waals surface area contributed by atoms with Gasteiger partial charge in [-0.15, -0.1) is 0 Å². The second kappa shape index (κ2) is 8.70. The van der Waals surface area contributed by atoms with E-state index in [-0.39, 0.29) is 0 Å². The van der Waals surface area contributed by atoms with E-state index in [1.807, 2.05) is 26.3 Å². The van der Waals surface area contributed by atoms with Gasteiger partial charge in [0.1, 0.15) is 0 Å². The van der Waals surface area contributed by atoms with Gasteiger partial charge in [-0.1, -0.05) is 31.2 Å². The van der Waals surface area contributed by atoms with E-state index >= 15 is 0 Å². The number of allylic oxidation sites excluding steroid dienone is 3. The van der Waals surface area contributed by atoms with Gasteiger partial charge in [0.2, 0.25) is 0 Å². The average Bonchev–Trinajstić information content (AvgIpc) is 2.13. The zero-order valence-corrected chi connectivity index (χ0v) is 9.59. The lowest BCUT2D eigenvalue weighted by molar-refractivity contribution is 0.766. The Labute approximate surface area is 87.8 Å². The average molecular weight is 194 g/mol. The van der Waals surface area contributed by atoms with E-state index in [0.29, 0.717) is 5.92 Å². The van der Waals surface area contributed by atoms with Crippen molar-refractivity contribution in [1.29, 1.82) is 0 Å². The van der Waals surface area contributed by atoms with E-state index in [0.717, 1.165) is 19.5 Å². The first-order valence-corrected chi connectivity index (χ1v) is 5.15. The molecule has 0 fully saturated rings. The fourth-order valence-electron chi connectivity index (χ4n) is 1.20. The van der Waals surface area contributed by atoms with Crippen LogP contribution in [0.1, 0.15) is 20.3 Å². The highest BCUT2D eigenvalue weighted by atomic mass is 14.9. The maximum atomic E-state index is 4.32. The molecule has 2 heteroatoms. The number of likely N-dealkylation sites (N-methyl/N-ethyl adjacent to an activating group) is 1. The number of nitrogens with zero attached hydrogens (tertiary/aromatic N) is 1. The number of hydrogen-bond acceptors (Lipinski definition) is 2. The summed E-state index contributed by atoms with van der Waals surface area (Å²) in [6.45, 7) is 9.94. The molecule has 1 unspecified atom stereocenters. The fraction of sp³-hybridized carbons (Fsp3) is 0.583. The Balaban J connectivity index is 3.68. The molecule has 14 heavy (non-hydrogen) atoms. The highest BCUT2D eigenvalue weighted by Gasteiger charge is 1.98. The van der Waals surface area contributed by atoms with Crippen LogP contribution in [0.25, 0.3) is 0 Å². The Morgan fingerprint density at radius 1 is 1.57 bits per heavy atom. The van der Waals surface area contributed by atoms with E-state index < -0.39 is 0 Å². The maximum absolute atomic E-state index is 4.32. The first kappa shape index (κ1) is 13.1. The third-order valence-electron chi connectivity index (χ3n) is 1.84. The van der Waals surface area contributed by atoms with Gasteiger partial charge in [0.25, 0.3) is 0 Å². The zero-order valence-electron chi connectivity index (χ0n) is 9.59. The molecule has 0 aliphatic carbocycles. The lowest BCUT2D eigenvalue weighted by Crippen LogP contribution is -2.11. The van der Waals surface area contributed by atoms with Gasteiger partial charge < -0.3 is 5.32 Å². The molecule has 0 radical (unpaired) electrons. The summed E-state index contributed by atoms with van der Waals surface area (Å²) in [7, 11) is 1.94. The van der Waals surface area contributed by atoms with Crippen molar-refractivity contribution in [2.24, 2.45) is 10.9 Å². The lowest BCUT2D eigenvalue weighted by Gasteiger charge is -2.04. The van der Waals surface area contributed by atoms with Gasteiger partial charge in [-0.05, 0) is 26.3 Å². The Hall–Kier alpha value is -0.890. The third-order valence-corrected chi connectivity index (χ3v) is 1.84. The summed E-state index contributed by atoms with van der Waals surface area (Å²) in [6.07, 6.45) is 7.09. The second-order valence-electron chi connectivity index (χ2n) is 3.50. The van der Waals surface area contributed by atoms with Crippen LogP contribution >= 0.6 is 0 Å². The maximum Gasteiger partial charge on any atom is 0.0510 e. The van der Waals surface area contributed by atoms with E-state index in [4.69, 9.17) is 0 Å². The molecule has 1 N–H and O–H groups in total. The largest absolute Gasteiger partial charge is 0.318 e. The predicted molar refractivity (Wildman–Crippen MR) is 65.0 cm³/mol. The van der Waals surface area contributed by atoms with Gasteiger partial charge in [-0.2, -0.15) is 0 Å². The molecule has 2 nitrogen and oxygen atoms in total. The molecule has 0 saturated heterocycles. The second-order valence-corrected chi connectivity index (χ2v) is 3.50. The quantitative estimate of drug-likeness (QED) is 0.376. The number of rotatable bonds is 7. The van der Waals surface area contributed by atoms with Gasteiger partial charge in [0.05, 0.1) is 6.54 Å². The van der Waals surface area contributed by atoms with Crippen LogP contribution in [0.3, 0.4) is 0 Å². The molecule has 0 amide bonds. The van der Waals surface area contributed by atoms with Crippen LogP contribution in [0.5, 0.6) is 0 Å². The van der Waals surface area contributed by atoms with Crippen LogP contribution in [0.2, 0.25) is 0 Å². The third kappa shape index (κ3) is 7.74. The molecule has 0 saturated carbocycles. The minimum absolute atomic E-state index is 0.482. The van der Waals surface area contributed by atoms with Crippen molar-refractivity contribution in [3.8, 4) is 0 Å². The Morgan fingerprint density at radius 2 is 2.29 bits per heavy atom. The van der Waals surface area contributed by atoms with Crippen LogP contribution < -0.4 is 5.32 Å². The predicted octanol–water partition coefficient (Wildman–Crippen LogP) is 2.44. The van der Waals surface area contributed by atoms with Crippen molar-refractivity contribution in [1.82, 2.24) is 5.32 Å². The molecule has 80 valence electrons. The first-order chi connectivity index (χ1) is 6.70. The van der Waals surface area contributed by atoms with Crippen molar-refractivity contribution in [2.75, 3.05) is 20.1 Å². The molecule has 0 aromatic rings. The van der Waals surface area contributed by atoms with Crippen molar-refractivity contribution in [3.63, 3.8) is 0 Å². The van der Waals surface area contributed by atoms with Crippen molar-refractivity contribution >= 4 is 6.21 Å². The van der Waals surface area contributed by atoms with Gasteiger partial charge in [-0.3, -0.25) is 4.99 Å². The smallest absolute Gasteiger partial charge is 0.0510 e. The summed E-state index contributed by atoms with van der Waals surface area (Å²) >= 11 is 0. The summed E-state index contributed by atoms with van der Waals surface area (Å²) in [6, 6.07) is 0. The zero-order chi connectivity index (χ0) is 10.8. The summed E-state index contributed by atoms with van der Waals surface area (Å²) in [5.74, 6) is 0.482.